The third kappa shape index (κ3) is 5.21. The highest BCUT2D eigenvalue weighted by atomic mass is 35.5. The molecule has 4 heteroatoms. The molecule has 1 aromatic carbocycles. The molecule has 0 heterocycles. The summed E-state index contributed by atoms with van der Waals surface area (Å²) in [4.78, 5) is 0. The molecule has 15 heavy (non-hydrogen) atoms. The maximum Gasteiger partial charge on any atom is 0.134 e. The lowest BCUT2D eigenvalue weighted by atomic mass is 10.2. The van der Waals surface area contributed by atoms with Gasteiger partial charge in [0.15, 0.2) is 0 Å². The van der Waals surface area contributed by atoms with E-state index < -0.39 is 0 Å². The number of benzene rings is 1. The Balaban J connectivity index is 2.33. The van der Waals surface area contributed by atoms with Crippen molar-refractivity contribution in [2.45, 2.75) is 5.75 Å². The van der Waals surface area contributed by atoms with Gasteiger partial charge in [-0.1, -0.05) is 53.8 Å². The second-order valence-corrected chi connectivity index (χ2v) is 4.96. The third-order valence-corrected chi connectivity index (χ3v) is 3.31. The average Bonchev–Trinajstić information content (AvgIpc) is 2.25. The molecule has 1 N–H and O–H groups in total. The Labute approximate surface area is 105 Å². The minimum atomic E-state index is 0.715. The number of hydrogen-bond acceptors (Lipinski definition) is 2. The largest absolute Gasteiger partial charge is 0.368 e. The van der Waals surface area contributed by atoms with Gasteiger partial charge >= 0.3 is 0 Å². The first kappa shape index (κ1) is 12.6. The van der Waals surface area contributed by atoms with Gasteiger partial charge in [0.1, 0.15) is 4.32 Å². The van der Waals surface area contributed by atoms with Crippen molar-refractivity contribution in [1.82, 2.24) is 5.32 Å². The van der Waals surface area contributed by atoms with Gasteiger partial charge in [0.05, 0.1) is 0 Å². The highest BCUT2D eigenvalue weighted by molar-refractivity contribution is 8.22. The number of nitrogens with one attached hydrogen (secondary N) is 1. The summed E-state index contributed by atoms with van der Waals surface area (Å²) in [5, 5.41) is 3.82. The third-order valence-electron chi connectivity index (χ3n) is 1.67. The summed E-state index contributed by atoms with van der Waals surface area (Å²) in [7, 11) is 0. The van der Waals surface area contributed by atoms with Crippen LogP contribution in [-0.2, 0) is 5.75 Å². The molecule has 1 rings (SSSR count). The second kappa shape index (κ2) is 6.88. The zero-order chi connectivity index (χ0) is 11.1. The number of thiocarbonyl (C=S) groups is 1. The molecular formula is C11H12ClNS2. The van der Waals surface area contributed by atoms with Crippen LogP contribution in [0.1, 0.15) is 5.56 Å². The van der Waals surface area contributed by atoms with Crippen LogP contribution in [0.15, 0.2) is 36.9 Å². The fourth-order valence-electron chi connectivity index (χ4n) is 0.936. The number of rotatable bonds is 4. The van der Waals surface area contributed by atoms with Crippen LogP contribution in [0.5, 0.6) is 0 Å². The zero-order valence-electron chi connectivity index (χ0n) is 8.20. The van der Waals surface area contributed by atoms with E-state index in [1.807, 2.05) is 24.3 Å². The summed E-state index contributed by atoms with van der Waals surface area (Å²) in [6.45, 7) is 4.33. The molecule has 0 amide bonds. The molecular weight excluding hydrogens is 246 g/mol. The summed E-state index contributed by atoms with van der Waals surface area (Å²) in [6.07, 6.45) is 1.79. The van der Waals surface area contributed by atoms with Crippen molar-refractivity contribution in [2.75, 3.05) is 6.54 Å². The predicted octanol–water partition coefficient (Wildman–Crippen LogP) is 3.63. The van der Waals surface area contributed by atoms with Crippen LogP contribution in [0.2, 0.25) is 5.02 Å². The molecule has 0 atom stereocenters. The van der Waals surface area contributed by atoms with Gasteiger partial charge in [-0.05, 0) is 17.7 Å². The van der Waals surface area contributed by atoms with Crippen molar-refractivity contribution >= 4 is 39.9 Å². The van der Waals surface area contributed by atoms with E-state index in [2.05, 4.69) is 11.9 Å². The molecule has 0 fully saturated rings. The molecule has 0 aliphatic heterocycles. The summed E-state index contributed by atoms with van der Waals surface area (Å²) in [5.74, 6) is 0.861. The van der Waals surface area contributed by atoms with E-state index in [1.165, 1.54) is 5.56 Å². The lowest BCUT2D eigenvalue weighted by Gasteiger charge is -2.04. The van der Waals surface area contributed by atoms with Gasteiger partial charge in [-0.3, -0.25) is 0 Å². The molecule has 0 spiro atoms. The van der Waals surface area contributed by atoms with Crippen LogP contribution in [0.3, 0.4) is 0 Å². The highest BCUT2D eigenvalue weighted by Crippen LogP contribution is 2.15. The summed E-state index contributed by atoms with van der Waals surface area (Å²) >= 11 is 12.5. The molecule has 0 aromatic heterocycles. The van der Waals surface area contributed by atoms with Crippen molar-refractivity contribution in [3.63, 3.8) is 0 Å². The van der Waals surface area contributed by atoms with Crippen molar-refractivity contribution < 1.29 is 0 Å². The summed E-state index contributed by atoms with van der Waals surface area (Å²) in [6, 6.07) is 7.78. The fraction of sp³-hybridized carbons (Fsp3) is 0.182. The van der Waals surface area contributed by atoms with Crippen molar-refractivity contribution in [3.8, 4) is 0 Å². The quantitative estimate of drug-likeness (QED) is 0.654. The van der Waals surface area contributed by atoms with E-state index in [0.29, 0.717) is 6.54 Å². The van der Waals surface area contributed by atoms with Crippen LogP contribution < -0.4 is 5.32 Å². The molecule has 0 aliphatic carbocycles. The second-order valence-electron chi connectivity index (χ2n) is 2.87. The molecule has 0 aliphatic rings. The number of halogens is 1. The monoisotopic (exact) mass is 257 g/mol. The van der Waals surface area contributed by atoms with Gasteiger partial charge in [0.2, 0.25) is 0 Å². The summed E-state index contributed by atoms with van der Waals surface area (Å²) < 4.78 is 0.796. The Hall–Kier alpha value is -0.510. The van der Waals surface area contributed by atoms with Crippen LogP contribution in [0, 0.1) is 0 Å². The average molecular weight is 258 g/mol. The molecule has 0 saturated carbocycles. The smallest absolute Gasteiger partial charge is 0.134 e. The minimum absolute atomic E-state index is 0.715. The van der Waals surface area contributed by atoms with E-state index in [9.17, 15) is 0 Å². The first-order chi connectivity index (χ1) is 7.22. The molecule has 0 radical (unpaired) electrons. The normalized spacial score (nSPS) is 9.67. The first-order valence-corrected chi connectivity index (χ1v) is 6.25. The van der Waals surface area contributed by atoms with Gasteiger partial charge in [0, 0.05) is 17.3 Å². The lowest BCUT2D eigenvalue weighted by Crippen LogP contribution is -2.17. The van der Waals surface area contributed by atoms with E-state index in [4.69, 9.17) is 23.8 Å². The van der Waals surface area contributed by atoms with Crippen LogP contribution >= 0.6 is 35.6 Å². The molecule has 0 bridgehead atoms. The molecule has 0 unspecified atom stereocenters. The van der Waals surface area contributed by atoms with Gasteiger partial charge in [-0.15, -0.1) is 6.58 Å². The van der Waals surface area contributed by atoms with Gasteiger partial charge < -0.3 is 5.32 Å². The Morgan fingerprint density at radius 2 is 2.13 bits per heavy atom. The Bertz CT molecular complexity index is 335. The molecule has 1 nitrogen and oxygen atoms in total. The maximum absolute atomic E-state index is 5.79. The Kier molecular flexibility index (Phi) is 5.76. The molecule has 0 saturated heterocycles. The number of hydrogen-bond donors (Lipinski definition) is 1. The first-order valence-electron chi connectivity index (χ1n) is 4.48. The predicted molar refractivity (Wildman–Crippen MR) is 73.5 cm³/mol. The lowest BCUT2D eigenvalue weighted by molar-refractivity contribution is 1.08. The Morgan fingerprint density at radius 3 is 2.73 bits per heavy atom. The highest BCUT2D eigenvalue weighted by Gasteiger charge is 1.97. The Morgan fingerprint density at radius 1 is 1.47 bits per heavy atom. The van der Waals surface area contributed by atoms with Crippen LogP contribution in [-0.4, -0.2) is 10.9 Å². The van der Waals surface area contributed by atoms with Gasteiger partial charge in [-0.2, -0.15) is 0 Å². The molecule has 80 valence electrons. The SMILES string of the molecule is C=CCNC(=S)SCc1ccc(Cl)cc1. The van der Waals surface area contributed by atoms with Crippen molar-refractivity contribution in [3.05, 3.63) is 47.5 Å². The van der Waals surface area contributed by atoms with E-state index in [1.54, 1.807) is 17.8 Å². The standard InChI is InChI=1S/C11H12ClNS2/c1-2-7-13-11(14)15-8-9-3-5-10(12)6-4-9/h2-6H,1,7-8H2,(H,13,14). The zero-order valence-corrected chi connectivity index (χ0v) is 10.6. The van der Waals surface area contributed by atoms with Gasteiger partial charge in [0.25, 0.3) is 0 Å². The van der Waals surface area contributed by atoms with Gasteiger partial charge in [-0.25, -0.2) is 0 Å². The fourth-order valence-corrected chi connectivity index (χ4v) is 2.00. The minimum Gasteiger partial charge on any atom is -0.368 e. The van der Waals surface area contributed by atoms with Crippen LogP contribution in [0.25, 0.3) is 0 Å². The van der Waals surface area contributed by atoms with Crippen molar-refractivity contribution in [1.29, 1.82) is 0 Å². The topological polar surface area (TPSA) is 12.0 Å². The van der Waals surface area contributed by atoms with E-state index >= 15 is 0 Å². The molecule has 1 aromatic rings. The van der Waals surface area contributed by atoms with E-state index in [-0.39, 0.29) is 0 Å². The number of thioether (sulfide) groups is 1. The summed E-state index contributed by atoms with van der Waals surface area (Å²) in [5.41, 5.74) is 1.21. The van der Waals surface area contributed by atoms with Crippen molar-refractivity contribution in [2.24, 2.45) is 0 Å². The maximum atomic E-state index is 5.79. The van der Waals surface area contributed by atoms with E-state index in [0.717, 1.165) is 15.1 Å². The van der Waals surface area contributed by atoms with Crippen LogP contribution in [0.4, 0.5) is 0 Å².